The molecule has 6 nitrogen and oxygen atoms in total. The number of rotatable bonds is 6. The van der Waals surface area contributed by atoms with Gasteiger partial charge in [0.1, 0.15) is 0 Å². The molecular formula is C14H20ClN3O3. The molecule has 0 atom stereocenters. The fraction of sp³-hybridized carbons (Fsp3) is 0.643. The molecule has 116 valence electrons. The van der Waals surface area contributed by atoms with Crippen LogP contribution in [0.5, 0.6) is 0 Å². The van der Waals surface area contributed by atoms with Gasteiger partial charge in [0, 0.05) is 19.7 Å². The Morgan fingerprint density at radius 3 is 2.71 bits per heavy atom. The van der Waals surface area contributed by atoms with Crippen molar-refractivity contribution in [3.63, 3.8) is 0 Å². The lowest BCUT2D eigenvalue weighted by Gasteiger charge is -2.31. The number of likely N-dealkylation sites (tertiary alicyclic amines) is 1. The Labute approximate surface area is 129 Å². The first-order chi connectivity index (χ1) is 10.2. The van der Waals surface area contributed by atoms with Gasteiger partial charge in [-0.15, -0.1) is 10.2 Å². The quantitative estimate of drug-likeness (QED) is 0.749. The van der Waals surface area contributed by atoms with Crippen LogP contribution in [-0.2, 0) is 9.47 Å². The number of carbonyl (C=O) groups excluding carboxylic acids is 1. The normalized spacial score (nSPS) is 16.2. The highest BCUT2D eigenvalue weighted by molar-refractivity contribution is 6.29. The van der Waals surface area contributed by atoms with Gasteiger partial charge < -0.3 is 14.4 Å². The van der Waals surface area contributed by atoms with Gasteiger partial charge in [-0.25, -0.2) is 0 Å². The van der Waals surface area contributed by atoms with Crippen LogP contribution in [0.15, 0.2) is 12.1 Å². The summed E-state index contributed by atoms with van der Waals surface area (Å²) in [6.45, 7) is 5.23. The van der Waals surface area contributed by atoms with E-state index in [4.69, 9.17) is 21.1 Å². The van der Waals surface area contributed by atoms with E-state index in [2.05, 4.69) is 10.2 Å². The molecule has 0 aromatic carbocycles. The number of ether oxygens (including phenoxy) is 2. The molecule has 0 aliphatic carbocycles. The van der Waals surface area contributed by atoms with E-state index in [1.54, 1.807) is 17.0 Å². The van der Waals surface area contributed by atoms with E-state index in [0.717, 1.165) is 12.8 Å². The fourth-order valence-electron chi connectivity index (χ4n) is 2.24. The fourth-order valence-corrected chi connectivity index (χ4v) is 2.34. The Bertz CT molecular complexity index is 447. The maximum absolute atomic E-state index is 12.2. The summed E-state index contributed by atoms with van der Waals surface area (Å²) in [5.41, 5.74) is 0.329. The number of aromatic nitrogens is 2. The molecule has 7 heteroatoms. The molecule has 0 saturated carbocycles. The van der Waals surface area contributed by atoms with Gasteiger partial charge in [-0.2, -0.15) is 0 Å². The van der Waals surface area contributed by atoms with E-state index >= 15 is 0 Å². The topological polar surface area (TPSA) is 64.6 Å². The van der Waals surface area contributed by atoms with Gasteiger partial charge in [-0.3, -0.25) is 4.79 Å². The van der Waals surface area contributed by atoms with E-state index in [1.165, 1.54) is 0 Å². The number of amides is 1. The minimum absolute atomic E-state index is 0.105. The van der Waals surface area contributed by atoms with Crippen molar-refractivity contribution in [1.29, 1.82) is 0 Å². The molecule has 0 bridgehead atoms. The summed E-state index contributed by atoms with van der Waals surface area (Å²) < 4.78 is 11.0. The van der Waals surface area contributed by atoms with Gasteiger partial charge in [0.25, 0.3) is 5.91 Å². The number of carbonyl (C=O) groups is 1. The third-order valence-corrected chi connectivity index (χ3v) is 3.57. The molecule has 0 spiro atoms. The lowest BCUT2D eigenvalue weighted by Crippen LogP contribution is -2.41. The Morgan fingerprint density at radius 2 is 2.10 bits per heavy atom. The molecular weight excluding hydrogens is 294 g/mol. The van der Waals surface area contributed by atoms with E-state index in [9.17, 15) is 4.79 Å². The number of hydrogen-bond donors (Lipinski definition) is 0. The lowest BCUT2D eigenvalue weighted by molar-refractivity contribution is -0.0183. The largest absolute Gasteiger partial charge is 0.379 e. The average molecular weight is 314 g/mol. The predicted molar refractivity (Wildman–Crippen MR) is 78.4 cm³/mol. The molecule has 2 heterocycles. The number of piperidine rings is 1. The smallest absolute Gasteiger partial charge is 0.274 e. The van der Waals surface area contributed by atoms with Crippen molar-refractivity contribution in [2.45, 2.75) is 25.9 Å². The van der Waals surface area contributed by atoms with Crippen molar-refractivity contribution in [2.24, 2.45) is 0 Å². The molecule has 2 rings (SSSR count). The summed E-state index contributed by atoms with van der Waals surface area (Å²) in [5.74, 6) is -0.105. The van der Waals surface area contributed by atoms with Gasteiger partial charge >= 0.3 is 0 Å². The standard InChI is InChI=1S/C14H20ClN3O3/c1-2-20-9-10-21-11-5-7-18(8-6-11)14(19)12-3-4-13(15)17-16-12/h3-4,11H,2,5-10H2,1H3. The van der Waals surface area contributed by atoms with Crippen LogP contribution in [0.4, 0.5) is 0 Å². The van der Waals surface area contributed by atoms with Gasteiger partial charge in [0.05, 0.1) is 19.3 Å². The van der Waals surface area contributed by atoms with Crippen molar-refractivity contribution in [2.75, 3.05) is 32.9 Å². The Balaban J connectivity index is 1.75. The van der Waals surface area contributed by atoms with Crippen molar-refractivity contribution in [3.8, 4) is 0 Å². The molecule has 1 aromatic rings. The third kappa shape index (κ3) is 4.91. The maximum Gasteiger partial charge on any atom is 0.274 e. The van der Waals surface area contributed by atoms with Crippen LogP contribution < -0.4 is 0 Å². The minimum atomic E-state index is -0.105. The molecule has 1 amide bonds. The molecule has 1 saturated heterocycles. The van der Waals surface area contributed by atoms with Crippen LogP contribution in [0.25, 0.3) is 0 Å². The maximum atomic E-state index is 12.2. The van der Waals surface area contributed by atoms with E-state index in [-0.39, 0.29) is 17.2 Å². The van der Waals surface area contributed by atoms with Crippen LogP contribution in [-0.4, -0.2) is 60.0 Å². The number of hydrogen-bond acceptors (Lipinski definition) is 5. The van der Waals surface area contributed by atoms with Gasteiger partial charge in [0.2, 0.25) is 0 Å². The summed E-state index contributed by atoms with van der Waals surface area (Å²) in [5, 5.41) is 7.80. The van der Waals surface area contributed by atoms with Crippen molar-refractivity contribution in [3.05, 3.63) is 23.0 Å². The van der Waals surface area contributed by atoms with Gasteiger partial charge in [0.15, 0.2) is 10.8 Å². The summed E-state index contributed by atoms with van der Waals surface area (Å²) >= 11 is 5.67. The van der Waals surface area contributed by atoms with Crippen LogP contribution >= 0.6 is 11.6 Å². The molecule has 1 aliphatic rings. The molecule has 0 radical (unpaired) electrons. The molecule has 1 aliphatic heterocycles. The zero-order valence-corrected chi connectivity index (χ0v) is 12.9. The summed E-state index contributed by atoms with van der Waals surface area (Å²) in [6, 6.07) is 3.17. The SMILES string of the molecule is CCOCCOC1CCN(C(=O)c2ccc(Cl)nn2)CC1. The van der Waals surface area contributed by atoms with Crippen LogP contribution in [0, 0.1) is 0 Å². The minimum Gasteiger partial charge on any atom is -0.379 e. The van der Waals surface area contributed by atoms with E-state index in [1.807, 2.05) is 6.92 Å². The predicted octanol–water partition coefficient (Wildman–Crippen LogP) is 1.79. The van der Waals surface area contributed by atoms with Crippen molar-refractivity contribution in [1.82, 2.24) is 15.1 Å². The van der Waals surface area contributed by atoms with Crippen molar-refractivity contribution >= 4 is 17.5 Å². The zero-order valence-electron chi connectivity index (χ0n) is 12.1. The summed E-state index contributed by atoms with van der Waals surface area (Å²) in [6.07, 6.45) is 1.86. The number of halogens is 1. The van der Waals surface area contributed by atoms with Crippen molar-refractivity contribution < 1.29 is 14.3 Å². The average Bonchev–Trinajstić information content (AvgIpc) is 2.52. The highest BCUT2D eigenvalue weighted by atomic mass is 35.5. The second kappa shape index (κ2) is 8.26. The Kier molecular flexibility index (Phi) is 6.35. The highest BCUT2D eigenvalue weighted by Gasteiger charge is 2.24. The molecule has 1 fully saturated rings. The van der Waals surface area contributed by atoms with E-state index < -0.39 is 0 Å². The monoisotopic (exact) mass is 313 g/mol. The molecule has 1 aromatic heterocycles. The first-order valence-electron chi connectivity index (χ1n) is 7.18. The van der Waals surface area contributed by atoms with Crippen LogP contribution in [0.3, 0.4) is 0 Å². The van der Waals surface area contributed by atoms with Crippen LogP contribution in [0.1, 0.15) is 30.3 Å². The Hall–Kier alpha value is -1.24. The summed E-state index contributed by atoms with van der Waals surface area (Å²) in [4.78, 5) is 14.0. The highest BCUT2D eigenvalue weighted by Crippen LogP contribution is 2.16. The first-order valence-corrected chi connectivity index (χ1v) is 7.56. The van der Waals surface area contributed by atoms with Gasteiger partial charge in [-0.1, -0.05) is 11.6 Å². The van der Waals surface area contributed by atoms with E-state index in [0.29, 0.717) is 38.6 Å². The van der Waals surface area contributed by atoms with Gasteiger partial charge in [-0.05, 0) is 31.9 Å². The first kappa shape index (κ1) is 16.1. The number of nitrogens with zero attached hydrogens (tertiary/aromatic N) is 3. The molecule has 21 heavy (non-hydrogen) atoms. The lowest BCUT2D eigenvalue weighted by atomic mass is 10.1. The molecule has 0 N–H and O–H groups in total. The van der Waals surface area contributed by atoms with Crippen LogP contribution in [0.2, 0.25) is 5.15 Å². The summed E-state index contributed by atoms with van der Waals surface area (Å²) in [7, 11) is 0. The third-order valence-electron chi connectivity index (χ3n) is 3.37. The Morgan fingerprint density at radius 1 is 1.33 bits per heavy atom. The molecule has 0 unspecified atom stereocenters. The second-order valence-electron chi connectivity index (χ2n) is 4.80. The second-order valence-corrected chi connectivity index (χ2v) is 5.19. The zero-order chi connectivity index (χ0) is 15.1.